The zero-order chi connectivity index (χ0) is 19.8. The monoisotopic (exact) mass is 385 g/mol. The van der Waals surface area contributed by atoms with Crippen LogP contribution in [0.2, 0.25) is 0 Å². The standard InChI is InChI=1S/C24H51NO2/c1-2-3-4-5-10-15-20-25(21-16-11-6-8-13-18-23-26)22-17-12-7-9-14-19-24-27/h26-27H,2-24H2,1H3. The molecular formula is C24H51NO2. The fourth-order valence-corrected chi connectivity index (χ4v) is 3.76. The van der Waals surface area contributed by atoms with Crippen LogP contribution in [0.25, 0.3) is 0 Å². The van der Waals surface area contributed by atoms with Crippen LogP contribution in [0.1, 0.15) is 122 Å². The maximum Gasteiger partial charge on any atom is 0.0431 e. The van der Waals surface area contributed by atoms with E-state index in [-0.39, 0.29) is 0 Å². The zero-order valence-corrected chi connectivity index (χ0v) is 18.6. The van der Waals surface area contributed by atoms with Crippen LogP contribution in [0.15, 0.2) is 0 Å². The van der Waals surface area contributed by atoms with Crippen molar-refractivity contribution in [2.45, 2.75) is 122 Å². The predicted octanol–water partition coefficient (Wildman–Crippen LogP) is 6.31. The largest absolute Gasteiger partial charge is 0.396 e. The molecule has 0 aliphatic rings. The van der Waals surface area contributed by atoms with Gasteiger partial charge in [-0.1, -0.05) is 90.4 Å². The van der Waals surface area contributed by atoms with Crippen LogP contribution in [0.4, 0.5) is 0 Å². The summed E-state index contributed by atoms with van der Waals surface area (Å²) in [6.07, 6.45) is 23.3. The molecule has 0 heterocycles. The van der Waals surface area contributed by atoms with Crippen molar-refractivity contribution in [2.75, 3.05) is 32.8 Å². The second-order valence-electron chi connectivity index (χ2n) is 8.30. The normalized spacial score (nSPS) is 11.6. The van der Waals surface area contributed by atoms with Crippen LogP contribution in [0.3, 0.4) is 0 Å². The third kappa shape index (κ3) is 22.0. The molecule has 0 aromatic heterocycles. The molecule has 0 amide bonds. The predicted molar refractivity (Wildman–Crippen MR) is 119 cm³/mol. The smallest absolute Gasteiger partial charge is 0.0431 e. The molecule has 2 N–H and O–H groups in total. The molecule has 0 bridgehead atoms. The van der Waals surface area contributed by atoms with Gasteiger partial charge in [0.05, 0.1) is 0 Å². The van der Waals surface area contributed by atoms with Gasteiger partial charge >= 0.3 is 0 Å². The summed E-state index contributed by atoms with van der Waals surface area (Å²) >= 11 is 0. The number of aliphatic hydroxyl groups excluding tert-OH is 2. The highest BCUT2D eigenvalue weighted by Gasteiger charge is 2.05. The third-order valence-electron chi connectivity index (χ3n) is 5.59. The Morgan fingerprint density at radius 2 is 0.704 bits per heavy atom. The summed E-state index contributed by atoms with van der Waals surface area (Å²) in [6, 6.07) is 0. The molecule has 0 aromatic rings. The number of hydrogen-bond donors (Lipinski definition) is 2. The van der Waals surface area contributed by atoms with Gasteiger partial charge in [0.25, 0.3) is 0 Å². The summed E-state index contributed by atoms with van der Waals surface area (Å²) in [6.45, 7) is 6.84. The summed E-state index contributed by atoms with van der Waals surface area (Å²) in [4.78, 5) is 2.72. The van der Waals surface area contributed by atoms with Crippen molar-refractivity contribution in [1.82, 2.24) is 4.90 Å². The van der Waals surface area contributed by atoms with E-state index in [1.54, 1.807) is 0 Å². The van der Waals surface area contributed by atoms with Crippen molar-refractivity contribution in [3.8, 4) is 0 Å². The topological polar surface area (TPSA) is 43.7 Å². The summed E-state index contributed by atoms with van der Waals surface area (Å²) in [5, 5.41) is 17.7. The molecule has 3 nitrogen and oxygen atoms in total. The highest BCUT2D eigenvalue weighted by atomic mass is 16.3. The molecule has 0 saturated heterocycles. The molecule has 0 spiro atoms. The highest BCUT2D eigenvalue weighted by Crippen LogP contribution is 2.11. The molecule has 0 aliphatic carbocycles. The van der Waals surface area contributed by atoms with Crippen LogP contribution < -0.4 is 0 Å². The Morgan fingerprint density at radius 1 is 0.407 bits per heavy atom. The van der Waals surface area contributed by atoms with Gasteiger partial charge in [-0.3, -0.25) is 0 Å². The van der Waals surface area contributed by atoms with Gasteiger partial charge in [-0.15, -0.1) is 0 Å². The van der Waals surface area contributed by atoms with E-state index in [0.29, 0.717) is 13.2 Å². The second-order valence-corrected chi connectivity index (χ2v) is 8.30. The lowest BCUT2D eigenvalue weighted by Gasteiger charge is -2.22. The zero-order valence-electron chi connectivity index (χ0n) is 18.6. The Kier molecular flexibility index (Phi) is 23.8. The highest BCUT2D eigenvalue weighted by molar-refractivity contribution is 4.60. The second kappa shape index (κ2) is 23.9. The van der Waals surface area contributed by atoms with Gasteiger partial charge in [0.15, 0.2) is 0 Å². The average Bonchev–Trinajstić information content (AvgIpc) is 2.68. The quantitative estimate of drug-likeness (QED) is 0.202. The van der Waals surface area contributed by atoms with E-state index in [4.69, 9.17) is 10.2 Å². The average molecular weight is 386 g/mol. The first-order chi connectivity index (χ1) is 13.3. The van der Waals surface area contributed by atoms with Gasteiger partial charge < -0.3 is 15.1 Å². The molecule has 3 heteroatoms. The van der Waals surface area contributed by atoms with E-state index in [9.17, 15) is 0 Å². The number of aliphatic hydroxyl groups is 2. The van der Waals surface area contributed by atoms with Gasteiger partial charge in [0.1, 0.15) is 0 Å². The fourth-order valence-electron chi connectivity index (χ4n) is 3.76. The van der Waals surface area contributed by atoms with Crippen molar-refractivity contribution >= 4 is 0 Å². The van der Waals surface area contributed by atoms with E-state index in [2.05, 4.69) is 11.8 Å². The van der Waals surface area contributed by atoms with Crippen molar-refractivity contribution in [3.63, 3.8) is 0 Å². The minimum absolute atomic E-state index is 0.353. The van der Waals surface area contributed by atoms with Crippen molar-refractivity contribution in [3.05, 3.63) is 0 Å². The number of nitrogens with zero attached hydrogens (tertiary/aromatic N) is 1. The summed E-state index contributed by atoms with van der Waals surface area (Å²) in [5.41, 5.74) is 0. The van der Waals surface area contributed by atoms with Gasteiger partial charge in [-0.2, -0.15) is 0 Å². The summed E-state index contributed by atoms with van der Waals surface area (Å²) in [5.74, 6) is 0. The summed E-state index contributed by atoms with van der Waals surface area (Å²) in [7, 11) is 0. The Hall–Kier alpha value is -0.120. The summed E-state index contributed by atoms with van der Waals surface area (Å²) < 4.78 is 0. The molecule has 164 valence electrons. The van der Waals surface area contributed by atoms with Gasteiger partial charge in [-0.25, -0.2) is 0 Å². The minimum Gasteiger partial charge on any atom is -0.396 e. The first kappa shape index (κ1) is 26.9. The molecule has 0 aliphatic heterocycles. The Balaban J connectivity index is 3.78. The number of rotatable bonds is 23. The maximum atomic E-state index is 8.84. The third-order valence-corrected chi connectivity index (χ3v) is 5.59. The molecule has 0 rings (SSSR count). The van der Waals surface area contributed by atoms with Crippen molar-refractivity contribution < 1.29 is 10.2 Å². The van der Waals surface area contributed by atoms with E-state index in [1.807, 2.05) is 0 Å². The molecule has 0 aromatic carbocycles. The lowest BCUT2D eigenvalue weighted by molar-refractivity contribution is 0.252. The minimum atomic E-state index is 0.353. The van der Waals surface area contributed by atoms with E-state index in [0.717, 1.165) is 12.8 Å². The molecule has 0 unspecified atom stereocenters. The first-order valence-corrected chi connectivity index (χ1v) is 12.3. The molecule has 0 radical (unpaired) electrons. The maximum absolute atomic E-state index is 8.84. The molecule has 0 atom stereocenters. The SMILES string of the molecule is CCCCCCCCN(CCCCCCCCO)CCCCCCCCO. The molecule has 0 fully saturated rings. The first-order valence-electron chi connectivity index (χ1n) is 12.3. The molecule has 0 saturated carbocycles. The van der Waals surface area contributed by atoms with Gasteiger partial charge in [-0.05, 0) is 51.7 Å². The van der Waals surface area contributed by atoms with Crippen molar-refractivity contribution in [2.24, 2.45) is 0 Å². The molecular weight excluding hydrogens is 334 g/mol. The van der Waals surface area contributed by atoms with E-state index in [1.165, 1.54) is 122 Å². The van der Waals surface area contributed by atoms with Crippen LogP contribution in [0.5, 0.6) is 0 Å². The Morgan fingerprint density at radius 3 is 1.04 bits per heavy atom. The van der Waals surface area contributed by atoms with Crippen LogP contribution >= 0.6 is 0 Å². The van der Waals surface area contributed by atoms with Crippen molar-refractivity contribution in [1.29, 1.82) is 0 Å². The molecule has 27 heavy (non-hydrogen) atoms. The van der Waals surface area contributed by atoms with Crippen LogP contribution in [-0.2, 0) is 0 Å². The van der Waals surface area contributed by atoms with Crippen LogP contribution in [-0.4, -0.2) is 48.0 Å². The van der Waals surface area contributed by atoms with Crippen LogP contribution in [0, 0.1) is 0 Å². The number of unbranched alkanes of at least 4 members (excludes halogenated alkanes) is 15. The van der Waals surface area contributed by atoms with E-state index >= 15 is 0 Å². The Labute approximate surface area is 170 Å². The van der Waals surface area contributed by atoms with Gasteiger partial charge in [0, 0.05) is 13.2 Å². The van der Waals surface area contributed by atoms with E-state index < -0.39 is 0 Å². The lowest BCUT2D eigenvalue weighted by Crippen LogP contribution is -2.27. The van der Waals surface area contributed by atoms with Gasteiger partial charge in [0.2, 0.25) is 0 Å². The fraction of sp³-hybridized carbons (Fsp3) is 1.00. The Bertz CT molecular complexity index is 243. The lowest BCUT2D eigenvalue weighted by atomic mass is 10.1. The number of hydrogen-bond acceptors (Lipinski definition) is 3.